The van der Waals surface area contributed by atoms with E-state index >= 15 is 0 Å². The highest BCUT2D eigenvalue weighted by atomic mass is 16.5. The maximum absolute atomic E-state index is 5.76. The van der Waals surface area contributed by atoms with E-state index in [1.165, 1.54) is 49.9 Å². The van der Waals surface area contributed by atoms with Crippen molar-refractivity contribution in [2.45, 2.75) is 72.1 Å². The summed E-state index contributed by atoms with van der Waals surface area (Å²) in [6.45, 7) is 6.93. The molecule has 0 aliphatic carbocycles. The van der Waals surface area contributed by atoms with Crippen LogP contribution in [0.3, 0.4) is 0 Å². The maximum atomic E-state index is 5.76. The van der Waals surface area contributed by atoms with E-state index in [9.17, 15) is 0 Å². The van der Waals surface area contributed by atoms with Gasteiger partial charge in [-0.1, -0.05) is 57.7 Å². The van der Waals surface area contributed by atoms with Crippen LogP contribution in [0.4, 0.5) is 0 Å². The number of rotatable bonds is 12. The number of nitrogens with zero attached hydrogens (tertiary/aromatic N) is 2. The molecule has 0 radical (unpaired) electrons. The van der Waals surface area contributed by atoms with Gasteiger partial charge in [0.05, 0.1) is 18.7 Å². The largest absolute Gasteiger partial charge is 0.342 e. The quantitative estimate of drug-likeness (QED) is 0.387. The van der Waals surface area contributed by atoms with Gasteiger partial charge in [-0.2, -0.15) is 0 Å². The number of ether oxygens (including phenoxy) is 1. The zero-order valence-electron chi connectivity index (χ0n) is 15.4. The Morgan fingerprint density at radius 2 is 1.67 bits per heavy atom. The topological polar surface area (TPSA) is 18.0 Å². The first kappa shape index (κ1) is 18.7. The molecule has 1 aromatic heterocycles. The molecule has 0 amide bonds. The molecule has 0 saturated heterocycles. The molecule has 0 spiro atoms. The lowest BCUT2D eigenvalue weighted by Gasteiger charge is -2.06. The van der Waals surface area contributed by atoms with E-state index in [0.717, 1.165) is 19.6 Å². The molecule has 3 heteroatoms. The Morgan fingerprint density at radius 3 is 2.42 bits per heavy atom. The summed E-state index contributed by atoms with van der Waals surface area (Å²) in [4.78, 5) is 0. The monoisotopic (exact) mass is 329 g/mol. The van der Waals surface area contributed by atoms with Crippen LogP contribution in [0, 0.1) is 0 Å². The van der Waals surface area contributed by atoms with Crippen LogP contribution in [0.25, 0.3) is 11.4 Å². The van der Waals surface area contributed by atoms with Crippen molar-refractivity contribution in [3.63, 3.8) is 0 Å². The summed E-state index contributed by atoms with van der Waals surface area (Å²) in [5.74, 6) is 1.25. The molecule has 0 fully saturated rings. The maximum Gasteiger partial charge on any atom is 0.290 e. The Labute approximate surface area is 147 Å². The van der Waals surface area contributed by atoms with Crippen molar-refractivity contribution in [2.75, 3.05) is 6.61 Å². The Morgan fingerprint density at radius 1 is 0.917 bits per heavy atom. The van der Waals surface area contributed by atoms with Gasteiger partial charge in [0.2, 0.25) is 0 Å². The minimum absolute atomic E-state index is 0.627. The lowest BCUT2D eigenvalue weighted by Crippen LogP contribution is -2.36. The summed E-state index contributed by atoms with van der Waals surface area (Å²) >= 11 is 0. The van der Waals surface area contributed by atoms with Crippen molar-refractivity contribution in [3.05, 3.63) is 42.7 Å². The predicted octanol–water partition coefficient (Wildman–Crippen LogP) is 5.19. The van der Waals surface area contributed by atoms with Crippen LogP contribution in [-0.2, 0) is 18.0 Å². The Kier molecular flexibility index (Phi) is 8.61. The Bertz CT molecular complexity index is 562. The molecule has 0 N–H and O–H groups in total. The second kappa shape index (κ2) is 11.0. The molecule has 0 saturated carbocycles. The molecule has 1 heterocycles. The van der Waals surface area contributed by atoms with Crippen LogP contribution < -0.4 is 4.57 Å². The van der Waals surface area contributed by atoms with Gasteiger partial charge in [-0.3, -0.25) is 0 Å². The number of imidazole rings is 1. The fourth-order valence-corrected chi connectivity index (χ4v) is 3.04. The van der Waals surface area contributed by atoms with E-state index in [0.29, 0.717) is 6.73 Å². The summed E-state index contributed by atoms with van der Waals surface area (Å²) in [7, 11) is 0. The Balaban J connectivity index is 2.01. The van der Waals surface area contributed by atoms with E-state index in [-0.39, 0.29) is 0 Å². The van der Waals surface area contributed by atoms with Crippen LogP contribution >= 0.6 is 0 Å². The molecule has 132 valence electrons. The highest BCUT2D eigenvalue weighted by molar-refractivity contribution is 5.52. The summed E-state index contributed by atoms with van der Waals surface area (Å²) in [5, 5.41) is 0. The molecule has 0 aliphatic rings. The first-order chi connectivity index (χ1) is 11.9. The molecular weight excluding hydrogens is 296 g/mol. The molecule has 3 nitrogen and oxygen atoms in total. The van der Waals surface area contributed by atoms with Gasteiger partial charge in [-0.25, -0.2) is 9.13 Å². The first-order valence-electron chi connectivity index (χ1n) is 9.58. The normalized spacial score (nSPS) is 11.1. The fourth-order valence-electron chi connectivity index (χ4n) is 3.04. The highest BCUT2D eigenvalue weighted by Crippen LogP contribution is 2.17. The third-order valence-corrected chi connectivity index (χ3v) is 4.33. The standard InChI is InChI=1S/C21H33N2O/c1-3-5-6-7-8-12-15-22-16-17-23(19-24-18-4-2)21(22)20-13-10-9-11-14-20/h9-11,13-14,16-17H,3-8,12,15,18-19H2,1-2H3/q+1. The number of aryl methyl sites for hydroxylation is 1. The van der Waals surface area contributed by atoms with Gasteiger partial charge in [0.1, 0.15) is 12.4 Å². The molecule has 1 aromatic carbocycles. The Hall–Kier alpha value is -1.61. The average molecular weight is 330 g/mol. The van der Waals surface area contributed by atoms with E-state index in [1.54, 1.807) is 0 Å². The van der Waals surface area contributed by atoms with Crippen molar-refractivity contribution in [1.82, 2.24) is 4.57 Å². The van der Waals surface area contributed by atoms with Crippen LogP contribution in [0.15, 0.2) is 42.7 Å². The van der Waals surface area contributed by atoms with Crippen LogP contribution in [0.2, 0.25) is 0 Å². The van der Waals surface area contributed by atoms with Gasteiger partial charge in [-0.05, 0) is 31.4 Å². The van der Waals surface area contributed by atoms with Crippen molar-refractivity contribution < 1.29 is 9.30 Å². The number of unbranched alkanes of at least 4 members (excludes halogenated alkanes) is 5. The van der Waals surface area contributed by atoms with Gasteiger partial charge < -0.3 is 4.74 Å². The van der Waals surface area contributed by atoms with E-state index < -0.39 is 0 Å². The summed E-state index contributed by atoms with van der Waals surface area (Å²) in [6, 6.07) is 10.7. The molecule has 2 aromatic rings. The summed E-state index contributed by atoms with van der Waals surface area (Å²) in [5.41, 5.74) is 1.26. The van der Waals surface area contributed by atoms with Crippen molar-refractivity contribution in [2.24, 2.45) is 0 Å². The first-order valence-corrected chi connectivity index (χ1v) is 9.58. The molecule has 0 aliphatic heterocycles. The van der Waals surface area contributed by atoms with Crippen molar-refractivity contribution >= 4 is 0 Å². The third-order valence-electron chi connectivity index (χ3n) is 4.33. The number of benzene rings is 1. The molecular formula is C21H33N2O+. The molecule has 0 bridgehead atoms. The summed E-state index contributed by atoms with van der Waals surface area (Å²) < 4.78 is 10.4. The lowest BCUT2D eigenvalue weighted by molar-refractivity contribution is -0.722. The summed E-state index contributed by atoms with van der Waals surface area (Å²) in [6.07, 6.45) is 13.4. The van der Waals surface area contributed by atoms with E-state index in [4.69, 9.17) is 4.74 Å². The molecule has 2 rings (SSSR count). The minimum atomic E-state index is 0.627. The minimum Gasteiger partial charge on any atom is -0.342 e. The highest BCUT2D eigenvalue weighted by Gasteiger charge is 2.18. The fraction of sp³-hybridized carbons (Fsp3) is 0.571. The number of hydrogen-bond donors (Lipinski definition) is 0. The van der Waals surface area contributed by atoms with Crippen molar-refractivity contribution in [1.29, 1.82) is 0 Å². The van der Waals surface area contributed by atoms with Gasteiger partial charge in [0.15, 0.2) is 6.73 Å². The van der Waals surface area contributed by atoms with Crippen LogP contribution in [0.5, 0.6) is 0 Å². The second-order valence-electron chi connectivity index (χ2n) is 6.46. The lowest BCUT2D eigenvalue weighted by atomic mass is 10.1. The average Bonchev–Trinajstić information content (AvgIpc) is 3.02. The van der Waals surface area contributed by atoms with E-state index in [1.807, 2.05) is 0 Å². The number of aromatic nitrogens is 2. The molecule has 24 heavy (non-hydrogen) atoms. The van der Waals surface area contributed by atoms with Gasteiger partial charge >= 0.3 is 0 Å². The van der Waals surface area contributed by atoms with Crippen LogP contribution in [0.1, 0.15) is 58.8 Å². The van der Waals surface area contributed by atoms with Gasteiger partial charge in [0, 0.05) is 0 Å². The predicted molar refractivity (Wildman–Crippen MR) is 99.7 cm³/mol. The van der Waals surface area contributed by atoms with Crippen molar-refractivity contribution in [3.8, 4) is 11.4 Å². The zero-order valence-corrected chi connectivity index (χ0v) is 15.4. The third kappa shape index (κ3) is 5.79. The van der Waals surface area contributed by atoms with E-state index in [2.05, 4.69) is 65.7 Å². The van der Waals surface area contributed by atoms with Gasteiger partial charge in [-0.15, -0.1) is 0 Å². The SMILES string of the molecule is CCCCCCCCn1cc[n+](COCCC)c1-c1ccccc1. The smallest absolute Gasteiger partial charge is 0.290 e. The van der Waals surface area contributed by atoms with Gasteiger partial charge in [0.25, 0.3) is 5.82 Å². The second-order valence-corrected chi connectivity index (χ2v) is 6.46. The van der Waals surface area contributed by atoms with Crippen LogP contribution in [-0.4, -0.2) is 11.2 Å². The zero-order chi connectivity index (χ0) is 17.0. The molecule has 0 unspecified atom stereocenters. The molecule has 0 atom stereocenters. The number of hydrogen-bond acceptors (Lipinski definition) is 1.